The number of benzene rings is 2. The Labute approximate surface area is 213 Å². The fourth-order valence-corrected chi connectivity index (χ4v) is 5.00. The third kappa shape index (κ3) is 5.42. The zero-order chi connectivity index (χ0) is 24.2. The van der Waals surface area contributed by atoms with Crippen LogP contribution in [0, 0.1) is 6.92 Å². The SMILES string of the molecule is Cc1nn(-c2ccccc2)c(Oc2ccc(Cl)cc2)c1CN(CC1CCCO1)C(=O)c1cccs1. The lowest BCUT2D eigenvalue weighted by Gasteiger charge is -2.25. The van der Waals surface area contributed by atoms with E-state index in [1.807, 2.05) is 71.8 Å². The number of rotatable bonds is 8. The monoisotopic (exact) mass is 507 g/mol. The molecule has 2 aromatic heterocycles. The lowest BCUT2D eigenvalue weighted by Crippen LogP contribution is -2.36. The molecular formula is C27H26ClN3O3S. The van der Waals surface area contributed by atoms with Gasteiger partial charge in [0, 0.05) is 18.2 Å². The summed E-state index contributed by atoms with van der Waals surface area (Å²) in [5.41, 5.74) is 2.53. The molecule has 1 fully saturated rings. The Bertz CT molecular complexity index is 1270. The van der Waals surface area contributed by atoms with E-state index >= 15 is 0 Å². The van der Waals surface area contributed by atoms with Crippen molar-refractivity contribution in [3.63, 3.8) is 0 Å². The Morgan fingerprint density at radius 3 is 2.66 bits per heavy atom. The molecule has 1 aliphatic rings. The molecule has 0 spiro atoms. The molecule has 0 saturated carbocycles. The quantitative estimate of drug-likeness (QED) is 0.273. The van der Waals surface area contributed by atoms with E-state index in [2.05, 4.69) is 0 Å². The van der Waals surface area contributed by atoms with Crippen LogP contribution in [0.1, 0.15) is 33.8 Å². The Kier molecular flexibility index (Phi) is 7.18. The number of ether oxygens (including phenoxy) is 2. The highest BCUT2D eigenvalue weighted by molar-refractivity contribution is 7.12. The Balaban J connectivity index is 1.53. The number of hydrogen-bond donors (Lipinski definition) is 0. The minimum Gasteiger partial charge on any atom is -0.439 e. The first-order valence-corrected chi connectivity index (χ1v) is 12.9. The topological polar surface area (TPSA) is 56.6 Å². The molecule has 180 valence electrons. The molecular weight excluding hydrogens is 482 g/mol. The van der Waals surface area contributed by atoms with Crippen molar-refractivity contribution < 1.29 is 14.3 Å². The predicted octanol–water partition coefficient (Wildman–Crippen LogP) is 6.51. The maximum absolute atomic E-state index is 13.5. The van der Waals surface area contributed by atoms with Crippen molar-refractivity contribution in [2.24, 2.45) is 0 Å². The number of halogens is 1. The number of nitrogens with zero attached hydrogens (tertiary/aromatic N) is 3. The van der Waals surface area contributed by atoms with Gasteiger partial charge in [-0.25, -0.2) is 4.68 Å². The molecule has 0 bridgehead atoms. The highest BCUT2D eigenvalue weighted by atomic mass is 35.5. The Hall–Kier alpha value is -3.13. The van der Waals surface area contributed by atoms with Gasteiger partial charge in [-0.3, -0.25) is 4.79 Å². The standard InChI is InChI=1S/C27H26ClN3O3S/c1-19-24(18-30(17-23-9-5-15-33-23)26(32)25-10-6-16-35-25)27(34-22-13-11-20(28)12-14-22)31(29-19)21-7-3-2-4-8-21/h2-4,6-8,10-14,16,23H,5,9,15,17-18H2,1H3. The van der Waals surface area contributed by atoms with Crippen LogP contribution in [0.25, 0.3) is 5.69 Å². The first-order chi connectivity index (χ1) is 17.1. The second kappa shape index (κ2) is 10.6. The van der Waals surface area contributed by atoms with Gasteiger partial charge in [-0.05, 0) is 67.6 Å². The zero-order valence-corrected chi connectivity index (χ0v) is 21.0. The molecule has 35 heavy (non-hydrogen) atoms. The number of carbonyl (C=O) groups is 1. The summed E-state index contributed by atoms with van der Waals surface area (Å²) >= 11 is 7.53. The van der Waals surface area contributed by atoms with E-state index in [0.717, 1.165) is 36.4 Å². The van der Waals surface area contributed by atoms with Gasteiger partial charge in [-0.15, -0.1) is 11.3 Å². The van der Waals surface area contributed by atoms with Gasteiger partial charge in [0.25, 0.3) is 5.91 Å². The molecule has 0 radical (unpaired) electrons. The van der Waals surface area contributed by atoms with Crippen LogP contribution in [0.5, 0.6) is 11.6 Å². The third-order valence-electron chi connectivity index (χ3n) is 5.98. The van der Waals surface area contributed by atoms with Crippen molar-refractivity contribution in [1.82, 2.24) is 14.7 Å². The Morgan fingerprint density at radius 2 is 1.97 bits per heavy atom. The highest BCUT2D eigenvalue weighted by Gasteiger charge is 2.28. The summed E-state index contributed by atoms with van der Waals surface area (Å²) in [7, 11) is 0. The van der Waals surface area contributed by atoms with E-state index in [1.165, 1.54) is 11.3 Å². The van der Waals surface area contributed by atoms with Crippen LogP contribution in [0.15, 0.2) is 72.1 Å². The van der Waals surface area contributed by atoms with Gasteiger partial charge < -0.3 is 14.4 Å². The smallest absolute Gasteiger partial charge is 0.264 e. The number of thiophene rings is 1. The lowest BCUT2D eigenvalue weighted by atomic mass is 10.2. The Morgan fingerprint density at radius 1 is 1.17 bits per heavy atom. The predicted molar refractivity (Wildman–Crippen MR) is 138 cm³/mol. The summed E-state index contributed by atoms with van der Waals surface area (Å²) in [6, 6.07) is 20.8. The maximum Gasteiger partial charge on any atom is 0.264 e. The molecule has 8 heteroatoms. The van der Waals surface area contributed by atoms with E-state index in [-0.39, 0.29) is 12.0 Å². The fraction of sp³-hybridized carbons (Fsp3) is 0.259. The number of hydrogen-bond acceptors (Lipinski definition) is 5. The lowest BCUT2D eigenvalue weighted by molar-refractivity contribution is 0.0509. The number of aromatic nitrogens is 2. The van der Waals surface area contributed by atoms with Crippen LogP contribution in [-0.4, -0.2) is 39.8 Å². The number of amides is 1. The summed E-state index contributed by atoms with van der Waals surface area (Å²) in [6.07, 6.45) is 2.00. The van der Waals surface area contributed by atoms with Crippen LogP contribution >= 0.6 is 22.9 Å². The number of para-hydroxylation sites is 1. The van der Waals surface area contributed by atoms with Gasteiger partial charge in [0.2, 0.25) is 5.88 Å². The van der Waals surface area contributed by atoms with Crippen LogP contribution in [-0.2, 0) is 11.3 Å². The second-order valence-corrected chi connectivity index (χ2v) is 9.85. The van der Waals surface area contributed by atoms with Crippen molar-refractivity contribution in [2.45, 2.75) is 32.4 Å². The summed E-state index contributed by atoms with van der Waals surface area (Å²) in [5.74, 6) is 1.20. The molecule has 0 N–H and O–H groups in total. The fourth-order valence-electron chi connectivity index (χ4n) is 4.18. The normalized spacial score (nSPS) is 15.3. The summed E-state index contributed by atoms with van der Waals surface area (Å²) in [5, 5.41) is 7.36. The van der Waals surface area contributed by atoms with Gasteiger partial charge in [0.15, 0.2) is 0 Å². The molecule has 1 atom stereocenters. The first kappa shape index (κ1) is 23.6. The average molecular weight is 508 g/mol. The molecule has 2 aromatic carbocycles. The van der Waals surface area contributed by atoms with E-state index in [1.54, 1.807) is 16.8 Å². The van der Waals surface area contributed by atoms with E-state index in [9.17, 15) is 4.79 Å². The van der Waals surface area contributed by atoms with Crippen molar-refractivity contribution >= 4 is 28.8 Å². The molecule has 1 saturated heterocycles. The largest absolute Gasteiger partial charge is 0.439 e. The van der Waals surface area contributed by atoms with E-state index in [4.69, 9.17) is 26.2 Å². The minimum atomic E-state index is -0.0141. The molecule has 4 aromatic rings. The van der Waals surface area contributed by atoms with Gasteiger partial charge in [0.1, 0.15) is 5.75 Å². The van der Waals surface area contributed by atoms with Gasteiger partial charge in [-0.2, -0.15) is 5.10 Å². The van der Waals surface area contributed by atoms with E-state index in [0.29, 0.717) is 34.6 Å². The van der Waals surface area contributed by atoms with Crippen molar-refractivity contribution in [2.75, 3.05) is 13.2 Å². The molecule has 3 heterocycles. The van der Waals surface area contributed by atoms with E-state index < -0.39 is 0 Å². The minimum absolute atomic E-state index is 0.0141. The summed E-state index contributed by atoms with van der Waals surface area (Å²) in [4.78, 5) is 16.1. The van der Waals surface area contributed by atoms with Crippen molar-refractivity contribution in [3.8, 4) is 17.3 Å². The highest BCUT2D eigenvalue weighted by Crippen LogP contribution is 2.33. The molecule has 1 amide bonds. The van der Waals surface area contributed by atoms with Crippen molar-refractivity contribution in [3.05, 3.63) is 93.3 Å². The number of carbonyl (C=O) groups excluding carboxylic acids is 1. The first-order valence-electron chi connectivity index (χ1n) is 11.6. The summed E-state index contributed by atoms with van der Waals surface area (Å²) < 4.78 is 14.1. The average Bonchev–Trinajstić information content (AvgIpc) is 3.64. The van der Waals surface area contributed by atoms with Gasteiger partial charge in [0.05, 0.1) is 34.5 Å². The molecule has 5 rings (SSSR count). The van der Waals surface area contributed by atoms with Crippen LogP contribution in [0.2, 0.25) is 5.02 Å². The maximum atomic E-state index is 13.5. The van der Waals surface area contributed by atoms with Crippen molar-refractivity contribution in [1.29, 1.82) is 0 Å². The van der Waals surface area contributed by atoms with Gasteiger partial charge in [-0.1, -0.05) is 35.9 Å². The second-order valence-electron chi connectivity index (χ2n) is 8.47. The third-order valence-corrected chi connectivity index (χ3v) is 7.09. The van der Waals surface area contributed by atoms with Crippen LogP contribution < -0.4 is 4.74 Å². The van der Waals surface area contributed by atoms with Gasteiger partial charge >= 0.3 is 0 Å². The zero-order valence-electron chi connectivity index (χ0n) is 19.4. The van der Waals surface area contributed by atoms with Crippen LogP contribution in [0.4, 0.5) is 0 Å². The molecule has 1 unspecified atom stereocenters. The number of aryl methyl sites for hydroxylation is 1. The molecule has 1 aliphatic heterocycles. The molecule has 6 nitrogen and oxygen atoms in total. The molecule has 0 aliphatic carbocycles. The summed E-state index contributed by atoms with van der Waals surface area (Å²) in [6.45, 7) is 3.57. The van der Waals surface area contributed by atoms with Crippen LogP contribution in [0.3, 0.4) is 0 Å².